The molecule has 0 radical (unpaired) electrons. The first-order valence-electron chi connectivity index (χ1n) is 4.88. The maximum Gasteiger partial charge on any atom is 0.335 e. The van der Waals surface area contributed by atoms with Crippen LogP contribution in [0.2, 0.25) is 0 Å². The number of carbonyl (C=O) groups is 1. The molecular weight excluding hydrogens is 270 g/mol. The van der Waals surface area contributed by atoms with E-state index in [1.54, 1.807) is 24.4 Å². The average molecular weight is 284 g/mol. The van der Waals surface area contributed by atoms with Crippen molar-refractivity contribution in [2.45, 2.75) is 26.3 Å². The molecule has 0 saturated carbocycles. The Kier molecular flexibility index (Phi) is 3.86. The lowest BCUT2D eigenvalue weighted by Gasteiger charge is -2.11. The number of carboxylic acid groups (broad SMARTS) is 1. The second kappa shape index (κ2) is 4.78. The third kappa shape index (κ3) is 3.77. The standard InChI is InChI=1S/C12H14BrNO2/c1-12(2,3)14-7-9-6-8(11(15)16)4-5-10(9)13/h4-7H,1-3H3,(H,15,16)/b14-7+. The Hall–Kier alpha value is -1.16. The third-order valence-electron chi connectivity index (χ3n) is 1.83. The zero-order valence-electron chi connectivity index (χ0n) is 9.49. The summed E-state index contributed by atoms with van der Waals surface area (Å²) in [6.07, 6.45) is 1.69. The second-order valence-electron chi connectivity index (χ2n) is 4.47. The molecule has 0 saturated heterocycles. The first-order chi connectivity index (χ1) is 7.29. The van der Waals surface area contributed by atoms with E-state index in [0.29, 0.717) is 0 Å². The molecule has 0 atom stereocenters. The lowest BCUT2D eigenvalue weighted by Crippen LogP contribution is -2.10. The SMILES string of the molecule is CC(C)(C)/N=C/c1cc(C(=O)O)ccc1Br. The molecule has 0 unspecified atom stereocenters. The summed E-state index contributed by atoms with van der Waals surface area (Å²) in [4.78, 5) is 15.1. The fourth-order valence-electron chi connectivity index (χ4n) is 1.04. The Morgan fingerprint density at radius 3 is 2.56 bits per heavy atom. The zero-order chi connectivity index (χ0) is 12.3. The van der Waals surface area contributed by atoms with Crippen molar-refractivity contribution in [3.05, 3.63) is 33.8 Å². The Morgan fingerprint density at radius 2 is 2.06 bits per heavy atom. The molecule has 1 aromatic carbocycles. The Balaban J connectivity index is 3.08. The highest BCUT2D eigenvalue weighted by Gasteiger charge is 2.08. The molecule has 1 aromatic rings. The maximum atomic E-state index is 10.8. The summed E-state index contributed by atoms with van der Waals surface area (Å²) in [7, 11) is 0. The van der Waals surface area contributed by atoms with Gasteiger partial charge in [-0.25, -0.2) is 4.79 Å². The molecule has 4 heteroatoms. The first-order valence-corrected chi connectivity index (χ1v) is 5.67. The minimum Gasteiger partial charge on any atom is -0.478 e. The molecule has 1 N–H and O–H groups in total. The van der Waals surface area contributed by atoms with Crippen LogP contribution in [-0.4, -0.2) is 22.8 Å². The first kappa shape index (κ1) is 12.9. The van der Waals surface area contributed by atoms with Crippen molar-refractivity contribution in [3.63, 3.8) is 0 Å². The van der Waals surface area contributed by atoms with Crippen molar-refractivity contribution < 1.29 is 9.90 Å². The van der Waals surface area contributed by atoms with Crippen molar-refractivity contribution in [1.29, 1.82) is 0 Å². The van der Waals surface area contributed by atoms with E-state index in [9.17, 15) is 4.79 Å². The van der Waals surface area contributed by atoms with Gasteiger partial charge in [-0.3, -0.25) is 4.99 Å². The molecule has 0 amide bonds. The number of rotatable bonds is 2. The minimum atomic E-state index is -0.932. The van der Waals surface area contributed by atoms with E-state index in [2.05, 4.69) is 20.9 Å². The molecule has 0 fully saturated rings. The predicted octanol–water partition coefficient (Wildman–Crippen LogP) is 3.36. The number of hydrogen-bond acceptors (Lipinski definition) is 2. The molecular formula is C12H14BrNO2. The van der Waals surface area contributed by atoms with Crippen LogP contribution in [0.1, 0.15) is 36.7 Å². The van der Waals surface area contributed by atoms with Crippen LogP contribution in [-0.2, 0) is 0 Å². The molecule has 0 heterocycles. The molecule has 86 valence electrons. The topological polar surface area (TPSA) is 49.7 Å². The fourth-order valence-corrected chi connectivity index (χ4v) is 1.39. The third-order valence-corrected chi connectivity index (χ3v) is 2.56. The van der Waals surface area contributed by atoms with E-state index in [0.717, 1.165) is 10.0 Å². The van der Waals surface area contributed by atoms with E-state index >= 15 is 0 Å². The lowest BCUT2D eigenvalue weighted by atomic mass is 10.1. The van der Waals surface area contributed by atoms with Crippen LogP contribution in [0.3, 0.4) is 0 Å². The van der Waals surface area contributed by atoms with Gasteiger partial charge in [0.05, 0.1) is 11.1 Å². The number of halogens is 1. The van der Waals surface area contributed by atoms with E-state index in [1.165, 1.54) is 0 Å². The van der Waals surface area contributed by atoms with Crippen LogP contribution in [0.15, 0.2) is 27.7 Å². The van der Waals surface area contributed by atoms with Gasteiger partial charge in [0.2, 0.25) is 0 Å². The fraction of sp³-hybridized carbons (Fsp3) is 0.333. The highest BCUT2D eigenvalue weighted by atomic mass is 79.9. The second-order valence-corrected chi connectivity index (χ2v) is 5.32. The van der Waals surface area contributed by atoms with Crippen molar-refractivity contribution in [1.82, 2.24) is 0 Å². The van der Waals surface area contributed by atoms with E-state index < -0.39 is 5.97 Å². The number of benzene rings is 1. The van der Waals surface area contributed by atoms with Gasteiger partial charge in [0.15, 0.2) is 0 Å². The number of nitrogens with zero attached hydrogens (tertiary/aromatic N) is 1. The van der Waals surface area contributed by atoms with Crippen molar-refractivity contribution in [3.8, 4) is 0 Å². The van der Waals surface area contributed by atoms with Crippen LogP contribution < -0.4 is 0 Å². The largest absolute Gasteiger partial charge is 0.478 e. The summed E-state index contributed by atoms with van der Waals surface area (Å²) < 4.78 is 0.838. The summed E-state index contributed by atoms with van der Waals surface area (Å²) in [5.41, 5.74) is 0.868. The van der Waals surface area contributed by atoms with Gasteiger partial charge in [-0.2, -0.15) is 0 Å². The monoisotopic (exact) mass is 283 g/mol. The van der Waals surface area contributed by atoms with Crippen LogP contribution in [0.4, 0.5) is 0 Å². The maximum absolute atomic E-state index is 10.8. The van der Waals surface area contributed by atoms with E-state index in [-0.39, 0.29) is 11.1 Å². The Labute approximate surface area is 103 Å². The summed E-state index contributed by atoms with van der Waals surface area (Å²) in [6.45, 7) is 5.95. The molecule has 3 nitrogen and oxygen atoms in total. The van der Waals surface area contributed by atoms with Gasteiger partial charge in [0.1, 0.15) is 0 Å². The van der Waals surface area contributed by atoms with Crippen molar-refractivity contribution in [2.24, 2.45) is 4.99 Å². The number of aromatic carboxylic acids is 1. The van der Waals surface area contributed by atoms with Gasteiger partial charge in [-0.1, -0.05) is 15.9 Å². The molecule has 0 aliphatic carbocycles. The van der Waals surface area contributed by atoms with Crippen LogP contribution in [0, 0.1) is 0 Å². The zero-order valence-corrected chi connectivity index (χ0v) is 11.1. The highest BCUT2D eigenvalue weighted by molar-refractivity contribution is 9.10. The molecule has 1 rings (SSSR count). The summed E-state index contributed by atoms with van der Waals surface area (Å²) in [5.74, 6) is -0.932. The van der Waals surface area contributed by atoms with Gasteiger partial charge < -0.3 is 5.11 Å². The molecule has 16 heavy (non-hydrogen) atoms. The van der Waals surface area contributed by atoms with Gasteiger partial charge >= 0.3 is 5.97 Å². The van der Waals surface area contributed by atoms with Gasteiger partial charge in [-0.05, 0) is 39.0 Å². The molecule has 0 spiro atoms. The van der Waals surface area contributed by atoms with E-state index in [1.807, 2.05) is 20.8 Å². The van der Waals surface area contributed by atoms with Gasteiger partial charge in [-0.15, -0.1) is 0 Å². The van der Waals surface area contributed by atoms with Crippen molar-refractivity contribution in [2.75, 3.05) is 0 Å². The molecule has 0 bridgehead atoms. The molecule has 0 aliphatic heterocycles. The van der Waals surface area contributed by atoms with Crippen LogP contribution in [0.5, 0.6) is 0 Å². The highest BCUT2D eigenvalue weighted by Crippen LogP contribution is 2.18. The smallest absolute Gasteiger partial charge is 0.335 e. The summed E-state index contributed by atoms with van der Waals surface area (Å²) >= 11 is 3.36. The summed E-state index contributed by atoms with van der Waals surface area (Å²) in [5, 5.41) is 8.87. The molecule has 0 aromatic heterocycles. The predicted molar refractivity (Wildman–Crippen MR) is 68.4 cm³/mol. The normalized spacial score (nSPS) is 12.0. The summed E-state index contributed by atoms with van der Waals surface area (Å²) in [6, 6.07) is 4.87. The van der Waals surface area contributed by atoms with Crippen LogP contribution >= 0.6 is 15.9 Å². The quantitative estimate of drug-likeness (QED) is 0.846. The minimum absolute atomic E-state index is 0.168. The number of hydrogen-bond donors (Lipinski definition) is 1. The van der Waals surface area contributed by atoms with Gasteiger partial charge in [0, 0.05) is 16.3 Å². The van der Waals surface area contributed by atoms with Gasteiger partial charge in [0.25, 0.3) is 0 Å². The average Bonchev–Trinajstić information content (AvgIpc) is 2.14. The van der Waals surface area contributed by atoms with E-state index in [4.69, 9.17) is 5.11 Å². The number of aliphatic imine (C=N–C) groups is 1. The van der Waals surface area contributed by atoms with Crippen molar-refractivity contribution >= 4 is 28.1 Å². The van der Waals surface area contributed by atoms with Crippen LogP contribution in [0.25, 0.3) is 0 Å². The Bertz CT molecular complexity index is 433. The number of carboxylic acids is 1. The lowest BCUT2D eigenvalue weighted by molar-refractivity contribution is 0.0697. The Morgan fingerprint density at radius 1 is 1.44 bits per heavy atom. The molecule has 0 aliphatic rings.